The van der Waals surface area contributed by atoms with Crippen LogP contribution in [0.1, 0.15) is 37.8 Å². The molecular weight excluding hydrogens is 308 g/mol. The van der Waals surface area contributed by atoms with Crippen LogP contribution in [0.3, 0.4) is 0 Å². The summed E-state index contributed by atoms with van der Waals surface area (Å²) in [6, 6.07) is 1.49. The molecule has 1 aliphatic rings. The third-order valence-electron chi connectivity index (χ3n) is 4.47. The molecule has 3 heterocycles. The third kappa shape index (κ3) is 2.91. The number of aromatic amines is 1. The van der Waals surface area contributed by atoms with Crippen molar-refractivity contribution in [3.63, 3.8) is 0 Å². The number of hydrogen-bond donors (Lipinski definition) is 2. The molecule has 2 aromatic heterocycles. The minimum Gasteiger partial charge on any atom is -0.350 e. The quantitative estimate of drug-likeness (QED) is 0.821. The standard InChI is InChI=1S/C16H22N6O2/c1-3-21-8-7-17-15(21)14-12(9-13(23)22(14)4-2)16(24)18-10-11-5-6-19-20-11/h5-8,12,14H,3-4,9-10H2,1-2H3,(H,18,24)(H,19,20)/t12-,14-/m0/s1. The van der Waals surface area contributed by atoms with Crippen LogP contribution in [0, 0.1) is 5.92 Å². The number of aromatic nitrogens is 4. The van der Waals surface area contributed by atoms with Crippen LogP contribution in [-0.4, -0.2) is 43.0 Å². The largest absolute Gasteiger partial charge is 0.350 e. The summed E-state index contributed by atoms with van der Waals surface area (Å²) in [6.07, 6.45) is 5.45. The lowest BCUT2D eigenvalue weighted by molar-refractivity contribution is -0.129. The lowest BCUT2D eigenvalue weighted by atomic mass is 9.98. The molecule has 0 aliphatic carbocycles. The SMILES string of the molecule is CCN1C(=O)C[C@H](C(=O)NCc2ccn[nH]2)[C@H]1c1nccn1CC. The zero-order chi connectivity index (χ0) is 17.1. The molecule has 1 fully saturated rings. The smallest absolute Gasteiger partial charge is 0.226 e. The fraction of sp³-hybridized carbons (Fsp3) is 0.500. The van der Waals surface area contributed by atoms with Crippen molar-refractivity contribution in [2.75, 3.05) is 6.54 Å². The molecule has 24 heavy (non-hydrogen) atoms. The van der Waals surface area contributed by atoms with Gasteiger partial charge in [0.1, 0.15) is 11.9 Å². The zero-order valence-electron chi connectivity index (χ0n) is 13.9. The van der Waals surface area contributed by atoms with E-state index in [0.29, 0.717) is 13.1 Å². The molecule has 8 heteroatoms. The predicted octanol–water partition coefficient (Wildman–Crippen LogP) is 0.852. The number of nitrogens with one attached hydrogen (secondary N) is 2. The molecule has 2 atom stereocenters. The first-order valence-electron chi connectivity index (χ1n) is 8.22. The molecule has 0 radical (unpaired) electrons. The molecule has 1 saturated heterocycles. The van der Waals surface area contributed by atoms with Crippen molar-refractivity contribution in [1.82, 2.24) is 30.0 Å². The highest BCUT2D eigenvalue weighted by atomic mass is 16.2. The van der Waals surface area contributed by atoms with Crippen LogP contribution in [0.25, 0.3) is 0 Å². The Morgan fingerprint density at radius 3 is 2.88 bits per heavy atom. The van der Waals surface area contributed by atoms with Crippen LogP contribution < -0.4 is 5.32 Å². The van der Waals surface area contributed by atoms with Crippen molar-refractivity contribution in [2.24, 2.45) is 5.92 Å². The van der Waals surface area contributed by atoms with Crippen molar-refractivity contribution in [2.45, 2.75) is 39.4 Å². The van der Waals surface area contributed by atoms with E-state index in [-0.39, 0.29) is 24.3 Å². The highest BCUT2D eigenvalue weighted by Crippen LogP contribution is 2.37. The summed E-state index contributed by atoms with van der Waals surface area (Å²) in [5.41, 5.74) is 0.826. The van der Waals surface area contributed by atoms with E-state index in [1.54, 1.807) is 23.4 Å². The second kappa shape index (κ2) is 6.86. The number of imidazole rings is 1. The van der Waals surface area contributed by atoms with Gasteiger partial charge in [-0.15, -0.1) is 0 Å². The first kappa shape index (κ1) is 16.2. The Morgan fingerprint density at radius 1 is 1.38 bits per heavy atom. The average Bonchev–Trinajstić information content (AvgIpc) is 3.31. The first-order valence-corrected chi connectivity index (χ1v) is 8.22. The van der Waals surface area contributed by atoms with Crippen LogP contribution >= 0.6 is 0 Å². The molecule has 2 aromatic rings. The summed E-state index contributed by atoms with van der Waals surface area (Å²) in [7, 11) is 0. The summed E-state index contributed by atoms with van der Waals surface area (Å²) in [4.78, 5) is 31.2. The van der Waals surface area contributed by atoms with Gasteiger partial charge >= 0.3 is 0 Å². The van der Waals surface area contributed by atoms with Crippen LogP contribution in [0.5, 0.6) is 0 Å². The second-order valence-electron chi connectivity index (χ2n) is 5.81. The molecule has 0 bridgehead atoms. The van der Waals surface area contributed by atoms with Gasteiger partial charge in [-0.25, -0.2) is 4.98 Å². The second-order valence-corrected chi connectivity index (χ2v) is 5.81. The van der Waals surface area contributed by atoms with E-state index in [2.05, 4.69) is 20.5 Å². The van der Waals surface area contributed by atoms with Gasteiger partial charge < -0.3 is 14.8 Å². The van der Waals surface area contributed by atoms with Gasteiger partial charge in [-0.05, 0) is 19.9 Å². The Morgan fingerprint density at radius 2 is 2.21 bits per heavy atom. The van der Waals surface area contributed by atoms with Crippen LogP contribution in [0.15, 0.2) is 24.7 Å². The average molecular weight is 330 g/mol. The Labute approximate surface area is 140 Å². The topological polar surface area (TPSA) is 95.9 Å². The zero-order valence-corrected chi connectivity index (χ0v) is 13.9. The van der Waals surface area contributed by atoms with E-state index in [0.717, 1.165) is 18.1 Å². The van der Waals surface area contributed by atoms with Crippen LogP contribution in [-0.2, 0) is 22.7 Å². The van der Waals surface area contributed by atoms with Crippen molar-refractivity contribution in [1.29, 1.82) is 0 Å². The van der Waals surface area contributed by atoms with E-state index in [4.69, 9.17) is 0 Å². The lowest BCUT2D eigenvalue weighted by Gasteiger charge is -2.26. The highest BCUT2D eigenvalue weighted by molar-refractivity contribution is 5.90. The van der Waals surface area contributed by atoms with Crippen LogP contribution in [0.4, 0.5) is 0 Å². The molecule has 0 aromatic carbocycles. The number of rotatable bonds is 6. The molecule has 8 nitrogen and oxygen atoms in total. The van der Waals surface area contributed by atoms with Gasteiger partial charge in [-0.1, -0.05) is 0 Å². The maximum absolute atomic E-state index is 12.7. The number of nitrogens with zero attached hydrogens (tertiary/aromatic N) is 4. The van der Waals surface area contributed by atoms with E-state index in [1.807, 2.05) is 24.6 Å². The minimum atomic E-state index is -0.437. The summed E-state index contributed by atoms with van der Waals surface area (Å²) in [6.45, 7) is 5.62. The predicted molar refractivity (Wildman–Crippen MR) is 86.6 cm³/mol. The number of amides is 2. The molecule has 2 amide bonds. The van der Waals surface area contributed by atoms with E-state index in [1.165, 1.54) is 0 Å². The number of carbonyl (C=O) groups is 2. The number of aryl methyl sites for hydroxylation is 1. The number of likely N-dealkylation sites (tertiary alicyclic amines) is 1. The molecule has 128 valence electrons. The Bertz CT molecular complexity index is 708. The van der Waals surface area contributed by atoms with Crippen molar-refractivity contribution in [3.05, 3.63) is 36.2 Å². The summed E-state index contributed by atoms with van der Waals surface area (Å²) in [5.74, 6) is 0.194. The maximum atomic E-state index is 12.7. The number of hydrogen-bond acceptors (Lipinski definition) is 4. The van der Waals surface area contributed by atoms with Crippen molar-refractivity contribution < 1.29 is 9.59 Å². The normalized spacial score (nSPS) is 20.6. The van der Waals surface area contributed by atoms with E-state index >= 15 is 0 Å². The maximum Gasteiger partial charge on any atom is 0.226 e. The Kier molecular flexibility index (Phi) is 4.64. The fourth-order valence-electron chi connectivity index (χ4n) is 3.27. The van der Waals surface area contributed by atoms with Gasteiger partial charge in [0.05, 0.1) is 18.2 Å². The lowest BCUT2D eigenvalue weighted by Crippen LogP contribution is -2.36. The van der Waals surface area contributed by atoms with Crippen LogP contribution in [0.2, 0.25) is 0 Å². The van der Waals surface area contributed by atoms with Gasteiger partial charge in [-0.2, -0.15) is 5.10 Å². The number of H-pyrrole nitrogens is 1. The van der Waals surface area contributed by atoms with Crippen molar-refractivity contribution >= 4 is 11.8 Å². The molecule has 0 saturated carbocycles. The molecular formula is C16H22N6O2. The summed E-state index contributed by atoms with van der Waals surface area (Å²) >= 11 is 0. The van der Waals surface area contributed by atoms with Gasteiger partial charge in [0.25, 0.3) is 0 Å². The summed E-state index contributed by atoms with van der Waals surface area (Å²) < 4.78 is 1.99. The first-order chi connectivity index (χ1) is 11.7. The third-order valence-corrected chi connectivity index (χ3v) is 4.47. The molecule has 3 rings (SSSR count). The minimum absolute atomic E-state index is 0.00477. The Balaban J connectivity index is 1.81. The van der Waals surface area contributed by atoms with Crippen molar-refractivity contribution in [3.8, 4) is 0 Å². The van der Waals surface area contributed by atoms with E-state index in [9.17, 15) is 9.59 Å². The fourth-order valence-corrected chi connectivity index (χ4v) is 3.27. The van der Waals surface area contributed by atoms with Gasteiger partial charge in [-0.3, -0.25) is 14.7 Å². The summed E-state index contributed by atoms with van der Waals surface area (Å²) in [5, 5.41) is 9.57. The molecule has 1 aliphatic heterocycles. The molecule has 2 N–H and O–H groups in total. The highest BCUT2D eigenvalue weighted by Gasteiger charge is 2.45. The van der Waals surface area contributed by atoms with Gasteiger partial charge in [0.15, 0.2) is 0 Å². The molecule has 0 unspecified atom stereocenters. The number of carbonyl (C=O) groups excluding carboxylic acids is 2. The monoisotopic (exact) mass is 330 g/mol. The Hall–Kier alpha value is -2.64. The van der Waals surface area contributed by atoms with Gasteiger partial charge in [0.2, 0.25) is 11.8 Å². The van der Waals surface area contributed by atoms with E-state index < -0.39 is 5.92 Å². The molecule has 0 spiro atoms. The van der Waals surface area contributed by atoms with Gasteiger partial charge in [0, 0.05) is 38.1 Å².